The van der Waals surface area contributed by atoms with Crippen LogP contribution in [0.4, 0.5) is 10.1 Å². The van der Waals surface area contributed by atoms with Crippen molar-refractivity contribution in [3.05, 3.63) is 41.7 Å². The Morgan fingerprint density at radius 3 is 2.64 bits per heavy atom. The van der Waals surface area contributed by atoms with Gasteiger partial charge in [-0.2, -0.15) is 0 Å². The van der Waals surface area contributed by atoms with Crippen molar-refractivity contribution in [2.75, 3.05) is 5.73 Å². The van der Waals surface area contributed by atoms with Crippen molar-refractivity contribution < 1.29 is 4.39 Å². The number of hydrogen-bond acceptors (Lipinski definition) is 1. The molecule has 72 valence electrons. The van der Waals surface area contributed by atoms with Crippen molar-refractivity contribution in [1.82, 2.24) is 0 Å². The second-order valence-corrected chi connectivity index (χ2v) is 3.33. The molecule has 0 aromatic heterocycles. The third-order valence-corrected chi connectivity index (χ3v) is 2.50. The lowest BCUT2D eigenvalue weighted by molar-refractivity contribution is 0.644. The van der Waals surface area contributed by atoms with Gasteiger partial charge in [0.2, 0.25) is 0 Å². The summed E-state index contributed by atoms with van der Waals surface area (Å²) in [4.78, 5) is 0. The standard InChI is InChI=1S/C12H12FN/c1-2-8-4-3-5-10-9(8)6-7-11(14)12(10)13/h3-7H,2,14H2,1H3. The van der Waals surface area contributed by atoms with E-state index < -0.39 is 0 Å². The maximum atomic E-state index is 13.6. The molecule has 0 radical (unpaired) electrons. The van der Waals surface area contributed by atoms with Crippen molar-refractivity contribution in [3.8, 4) is 0 Å². The molecule has 2 aromatic carbocycles. The molecule has 2 aromatic rings. The molecule has 0 spiro atoms. The van der Waals surface area contributed by atoms with Crippen LogP contribution in [0.25, 0.3) is 10.8 Å². The number of rotatable bonds is 1. The minimum Gasteiger partial charge on any atom is -0.396 e. The average molecular weight is 189 g/mol. The Bertz CT molecular complexity index is 477. The van der Waals surface area contributed by atoms with E-state index in [9.17, 15) is 4.39 Å². The van der Waals surface area contributed by atoms with Gasteiger partial charge in [0.1, 0.15) is 0 Å². The quantitative estimate of drug-likeness (QED) is 0.685. The normalized spacial score (nSPS) is 10.7. The predicted octanol–water partition coefficient (Wildman–Crippen LogP) is 3.12. The van der Waals surface area contributed by atoms with Gasteiger partial charge < -0.3 is 5.73 Å². The van der Waals surface area contributed by atoms with Crippen LogP contribution in [0.5, 0.6) is 0 Å². The molecule has 0 saturated heterocycles. The van der Waals surface area contributed by atoms with Crippen molar-refractivity contribution >= 4 is 16.5 Å². The number of aryl methyl sites for hydroxylation is 1. The Balaban J connectivity index is 2.86. The smallest absolute Gasteiger partial charge is 0.153 e. The first-order valence-electron chi connectivity index (χ1n) is 4.69. The molecule has 2 N–H and O–H groups in total. The fourth-order valence-electron chi connectivity index (χ4n) is 1.71. The molecular weight excluding hydrogens is 177 g/mol. The SMILES string of the molecule is CCc1cccc2c(F)c(N)ccc12. The van der Waals surface area contributed by atoms with Crippen molar-refractivity contribution in [1.29, 1.82) is 0 Å². The number of anilines is 1. The molecule has 0 aliphatic carbocycles. The van der Waals surface area contributed by atoms with Crippen molar-refractivity contribution in [2.45, 2.75) is 13.3 Å². The summed E-state index contributed by atoms with van der Waals surface area (Å²) in [5.74, 6) is -0.308. The highest BCUT2D eigenvalue weighted by molar-refractivity contribution is 5.89. The summed E-state index contributed by atoms with van der Waals surface area (Å²) in [6, 6.07) is 9.14. The van der Waals surface area contributed by atoms with Gasteiger partial charge in [-0.15, -0.1) is 0 Å². The largest absolute Gasteiger partial charge is 0.396 e. The Labute approximate surface area is 82.3 Å². The van der Waals surface area contributed by atoms with Crippen LogP contribution in [-0.4, -0.2) is 0 Å². The average Bonchev–Trinajstić information content (AvgIpc) is 2.23. The molecule has 0 saturated carbocycles. The molecular formula is C12H12FN. The predicted molar refractivity (Wildman–Crippen MR) is 57.7 cm³/mol. The number of fused-ring (bicyclic) bond motifs is 1. The van der Waals surface area contributed by atoms with E-state index in [4.69, 9.17) is 5.73 Å². The van der Waals surface area contributed by atoms with Crippen molar-refractivity contribution in [3.63, 3.8) is 0 Å². The molecule has 0 fully saturated rings. The Hall–Kier alpha value is -1.57. The minimum absolute atomic E-state index is 0.214. The maximum Gasteiger partial charge on any atom is 0.153 e. The molecule has 0 atom stereocenters. The van der Waals surface area contributed by atoms with Gasteiger partial charge in [0, 0.05) is 5.39 Å². The summed E-state index contributed by atoms with van der Waals surface area (Å²) in [6.07, 6.45) is 0.903. The van der Waals surface area contributed by atoms with E-state index in [1.54, 1.807) is 12.1 Å². The van der Waals surface area contributed by atoms with Crippen LogP contribution in [0, 0.1) is 5.82 Å². The Morgan fingerprint density at radius 2 is 1.93 bits per heavy atom. The highest BCUT2D eigenvalue weighted by atomic mass is 19.1. The maximum absolute atomic E-state index is 13.6. The summed E-state index contributed by atoms with van der Waals surface area (Å²) < 4.78 is 13.6. The second kappa shape index (κ2) is 3.29. The van der Waals surface area contributed by atoms with Gasteiger partial charge in [-0.3, -0.25) is 0 Å². The van der Waals surface area contributed by atoms with E-state index in [0.29, 0.717) is 5.39 Å². The number of hydrogen-bond donors (Lipinski definition) is 1. The topological polar surface area (TPSA) is 26.0 Å². The van der Waals surface area contributed by atoms with Gasteiger partial charge in [-0.25, -0.2) is 4.39 Å². The van der Waals surface area contributed by atoms with E-state index in [1.807, 2.05) is 18.2 Å². The Morgan fingerprint density at radius 1 is 1.14 bits per heavy atom. The molecule has 0 aliphatic rings. The van der Waals surface area contributed by atoms with Gasteiger partial charge in [0.15, 0.2) is 5.82 Å². The fraction of sp³-hybridized carbons (Fsp3) is 0.167. The molecule has 0 unspecified atom stereocenters. The number of nitrogens with two attached hydrogens (primary N) is 1. The third-order valence-electron chi connectivity index (χ3n) is 2.50. The van der Waals surface area contributed by atoms with Crippen LogP contribution < -0.4 is 5.73 Å². The zero-order valence-electron chi connectivity index (χ0n) is 8.05. The lowest BCUT2D eigenvalue weighted by Crippen LogP contribution is -1.93. The van der Waals surface area contributed by atoms with Gasteiger partial charge in [-0.05, 0) is 23.4 Å². The summed E-state index contributed by atoms with van der Waals surface area (Å²) in [6.45, 7) is 2.06. The van der Waals surface area contributed by atoms with Crippen LogP contribution in [0.1, 0.15) is 12.5 Å². The third kappa shape index (κ3) is 1.23. The fourth-order valence-corrected chi connectivity index (χ4v) is 1.71. The first-order valence-corrected chi connectivity index (χ1v) is 4.69. The van der Waals surface area contributed by atoms with Gasteiger partial charge >= 0.3 is 0 Å². The summed E-state index contributed by atoms with van der Waals surface area (Å²) >= 11 is 0. The molecule has 14 heavy (non-hydrogen) atoms. The van der Waals surface area contributed by atoms with E-state index in [-0.39, 0.29) is 11.5 Å². The molecule has 1 nitrogen and oxygen atoms in total. The van der Waals surface area contributed by atoms with Crippen LogP contribution in [0.15, 0.2) is 30.3 Å². The monoisotopic (exact) mass is 189 g/mol. The number of halogens is 1. The van der Waals surface area contributed by atoms with E-state index in [0.717, 1.165) is 17.4 Å². The van der Waals surface area contributed by atoms with Crippen molar-refractivity contribution in [2.24, 2.45) is 0 Å². The molecule has 0 bridgehead atoms. The van der Waals surface area contributed by atoms with Crippen LogP contribution in [0.2, 0.25) is 0 Å². The van der Waals surface area contributed by atoms with Gasteiger partial charge in [0.25, 0.3) is 0 Å². The zero-order valence-corrected chi connectivity index (χ0v) is 8.05. The van der Waals surface area contributed by atoms with Gasteiger partial charge in [-0.1, -0.05) is 31.2 Å². The lowest BCUT2D eigenvalue weighted by Gasteiger charge is -2.06. The van der Waals surface area contributed by atoms with E-state index >= 15 is 0 Å². The summed E-state index contributed by atoms with van der Waals surface area (Å²) in [5, 5.41) is 1.58. The molecule has 2 heteroatoms. The van der Waals surface area contributed by atoms with Crippen LogP contribution in [-0.2, 0) is 6.42 Å². The molecule has 0 heterocycles. The highest BCUT2D eigenvalue weighted by Gasteiger charge is 2.06. The minimum atomic E-state index is -0.308. The molecule has 0 amide bonds. The number of benzene rings is 2. The van der Waals surface area contributed by atoms with E-state index in [1.165, 1.54) is 0 Å². The summed E-state index contributed by atoms with van der Waals surface area (Å²) in [5.41, 5.74) is 6.87. The lowest BCUT2D eigenvalue weighted by atomic mass is 10.0. The second-order valence-electron chi connectivity index (χ2n) is 3.33. The zero-order chi connectivity index (χ0) is 10.1. The first-order chi connectivity index (χ1) is 6.74. The molecule has 2 rings (SSSR count). The van der Waals surface area contributed by atoms with Crippen LogP contribution >= 0.6 is 0 Å². The first kappa shape index (κ1) is 9.00. The highest BCUT2D eigenvalue weighted by Crippen LogP contribution is 2.25. The Kier molecular flexibility index (Phi) is 2.12. The van der Waals surface area contributed by atoms with E-state index in [2.05, 4.69) is 6.92 Å². The summed E-state index contributed by atoms with van der Waals surface area (Å²) in [7, 11) is 0. The number of nitrogen functional groups attached to an aromatic ring is 1. The van der Waals surface area contributed by atoms with Crippen LogP contribution in [0.3, 0.4) is 0 Å². The molecule has 0 aliphatic heterocycles. The van der Waals surface area contributed by atoms with Gasteiger partial charge in [0.05, 0.1) is 5.69 Å².